The fourth-order valence-corrected chi connectivity index (χ4v) is 3.65. The summed E-state index contributed by atoms with van der Waals surface area (Å²) in [5.74, 6) is 0.302. The summed E-state index contributed by atoms with van der Waals surface area (Å²) < 4.78 is 31.1. The van der Waals surface area contributed by atoms with Crippen molar-refractivity contribution < 1.29 is 8.94 Å². The summed E-state index contributed by atoms with van der Waals surface area (Å²) in [4.78, 5) is 4.10. The van der Waals surface area contributed by atoms with Crippen LogP contribution in [0.5, 0.6) is 0 Å². The van der Waals surface area contributed by atoms with Gasteiger partial charge in [0, 0.05) is 24.6 Å². The summed E-state index contributed by atoms with van der Waals surface area (Å²) in [5.41, 5.74) is 1.62. The van der Waals surface area contributed by atoms with Crippen LogP contribution in [0.1, 0.15) is 36.7 Å². The van der Waals surface area contributed by atoms with E-state index in [1.54, 1.807) is 18.6 Å². The van der Waals surface area contributed by atoms with Gasteiger partial charge in [-0.15, -0.1) is 4.72 Å². The SMILES string of the molecule is CC(C)C[S+]([O-])NC(Cc1ccc(C#N)c(F)c1)c1cncn1C. The van der Waals surface area contributed by atoms with Gasteiger partial charge in [0.25, 0.3) is 0 Å². The summed E-state index contributed by atoms with van der Waals surface area (Å²) in [6.07, 6.45) is 3.84. The van der Waals surface area contributed by atoms with Gasteiger partial charge < -0.3 is 9.12 Å². The van der Waals surface area contributed by atoms with Crippen molar-refractivity contribution >= 4 is 11.4 Å². The molecule has 5 nitrogen and oxygen atoms in total. The summed E-state index contributed by atoms with van der Waals surface area (Å²) >= 11 is -1.20. The van der Waals surface area contributed by atoms with E-state index in [4.69, 9.17) is 5.26 Å². The van der Waals surface area contributed by atoms with Gasteiger partial charge in [-0.3, -0.25) is 0 Å². The van der Waals surface area contributed by atoms with Crippen LogP contribution in [0.4, 0.5) is 4.39 Å². The predicted molar refractivity (Wildman–Crippen MR) is 91.8 cm³/mol. The lowest BCUT2D eigenvalue weighted by Crippen LogP contribution is -2.34. The summed E-state index contributed by atoms with van der Waals surface area (Å²) in [6.45, 7) is 4.02. The van der Waals surface area contributed by atoms with Crippen LogP contribution in [0.2, 0.25) is 0 Å². The maximum atomic E-state index is 13.8. The molecule has 2 atom stereocenters. The molecule has 1 aromatic carbocycles. The summed E-state index contributed by atoms with van der Waals surface area (Å²) in [6, 6.07) is 6.10. The van der Waals surface area contributed by atoms with E-state index in [0.29, 0.717) is 18.1 Å². The van der Waals surface area contributed by atoms with Crippen molar-refractivity contribution in [1.29, 1.82) is 5.26 Å². The van der Waals surface area contributed by atoms with Gasteiger partial charge in [0.05, 0.1) is 23.6 Å². The highest BCUT2D eigenvalue weighted by molar-refractivity contribution is 7.89. The van der Waals surface area contributed by atoms with E-state index in [-0.39, 0.29) is 11.6 Å². The van der Waals surface area contributed by atoms with Crippen LogP contribution in [-0.2, 0) is 24.8 Å². The largest absolute Gasteiger partial charge is 0.598 e. The summed E-state index contributed by atoms with van der Waals surface area (Å²) in [5, 5.41) is 8.83. The van der Waals surface area contributed by atoms with Gasteiger partial charge in [-0.05, 0) is 30.0 Å². The minimum atomic E-state index is -1.20. The molecule has 1 heterocycles. The average Bonchev–Trinajstić information content (AvgIpc) is 2.92. The molecule has 7 heteroatoms. The van der Waals surface area contributed by atoms with E-state index in [2.05, 4.69) is 9.71 Å². The second-order valence-corrected chi connectivity index (χ2v) is 7.40. The minimum Gasteiger partial charge on any atom is -0.598 e. The Kier molecular flexibility index (Phi) is 6.37. The van der Waals surface area contributed by atoms with E-state index in [1.807, 2.05) is 31.5 Å². The Labute approximate surface area is 144 Å². The number of nitrogens with one attached hydrogen (secondary N) is 1. The zero-order valence-corrected chi connectivity index (χ0v) is 14.8. The van der Waals surface area contributed by atoms with E-state index in [0.717, 1.165) is 11.3 Å². The van der Waals surface area contributed by atoms with Crippen molar-refractivity contribution in [1.82, 2.24) is 14.3 Å². The van der Waals surface area contributed by atoms with Crippen LogP contribution in [0.15, 0.2) is 30.7 Å². The quantitative estimate of drug-likeness (QED) is 0.780. The molecule has 0 bridgehead atoms. The molecule has 128 valence electrons. The second-order valence-electron chi connectivity index (χ2n) is 6.14. The molecule has 0 aliphatic heterocycles. The molecule has 1 aromatic heterocycles. The number of imidazole rings is 1. The normalized spacial score (nSPS) is 13.7. The Bertz CT molecular complexity index is 726. The van der Waals surface area contributed by atoms with Crippen LogP contribution in [-0.4, -0.2) is 19.9 Å². The molecule has 0 aliphatic carbocycles. The molecular formula is C17H21FN4OS. The van der Waals surface area contributed by atoms with Gasteiger partial charge in [-0.1, -0.05) is 19.9 Å². The van der Waals surface area contributed by atoms with Crippen LogP contribution < -0.4 is 4.72 Å². The first-order valence-corrected chi connectivity index (χ1v) is 9.02. The van der Waals surface area contributed by atoms with Crippen molar-refractivity contribution in [2.45, 2.75) is 26.3 Å². The first kappa shape index (κ1) is 18.5. The van der Waals surface area contributed by atoms with Gasteiger partial charge >= 0.3 is 0 Å². The average molecular weight is 348 g/mol. The minimum absolute atomic E-state index is 0.0205. The molecule has 2 aromatic rings. The molecule has 24 heavy (non-hydrogen) atoms. The number of aromatic nitrogens is 2. The maximum Gasteiger partial charge on any atom is 0.141 e. The monoisotopic (exact) mass is 348 g/mol. The number of benzene rings is 1. The highest BCUT2D eigenvalue weighted by Crippen LogP contribution is 2.21. The second kappa shape index (κ2) is 8.29. The highest BCUT2D eigenvalue weighted by atomic mass is 32.2. The number of nitrogens with zero attached hydrogens (tertiary/aromatic N) is 3. The van der Waals surface area contributed by atoms with Gasteiger partial charge in [-0.25, -0.2) is 9.37 Å². The fourth-order valence-electron chi connectivity index (χ4n) is 2.43. The lowest BCUT2D eigenvalue weighted by Gasteiger charge is -2.21. The van der Waals surface area contributed by atoms with Crippen molar-refractivity contribution in [3.63, 3.8) is 0 Å². The molecule has 0 amide bonds. The third-order valence-electron chi connectivity index (χ3n) is 3.56. The zero-order chi connectivity index (χ0) is 17.7. The number of nitriles is 1. The lowest BCUT2D eigenvalue weighted by atomic mass is 10.0. The van der Waals surface area contributed by atoms with Crippen LogP contribution >= 0.6 is 0 Å². The van der Waals surface area contributed by atoms with Gasteiger partial charge in [0.1, 0.15) is 17.6 Å². The predicted octanol–water partition coefficient (Wildman–Crippen LogP) is 2.62. The Morgan fingerprint density at radius 2 is 2.21 bits per heavy atom. The van der Waals surface area contributed by atoms with Gasteiger partial charge in [-0.2, -0.15) is 5.26 Å². The third-order valence-corrected chi connectivity index (χ3v) is 5.08. The molecule has 2 rings (SSSR count). The van der Waals surface area contributed by atoms with E-state index in [9.17, 15) is 8.94 Å². The molecule has 0 saturated heterocycles. The highest BCUT2D eigenvalue weighted by Gasteiger charge is 2.22. The Morgan fingerprint density at radius 3 is 2.75 bits per heavy atom. The topological polar surface area (TPSA) is 76.7 Å². The van der Waals surface area contributed by atoms with Gasteiger partial charge in [0.2, 0.25) is 0 Å². The molecule has 0 saturated carbocycles. The molecule has 0 fully saturated rings. The molecule has 0 aliphatic rings. The number of halogens is 1. The van der Waals surface area contributed by atoms with Gasteiger partial charge in [0.15, 0.2) is 0 Å². The Hall–Kier alpha value is -1.88. The van der Waals surface area contributed by atoms with E-state index in [1.165, 1.54) is 12.1 Å². The zero-order valence-electron chi connectivity index (χ0n) is 14.0. The molecule has 0 spiro atoms. The molecule has 2 unspecified atom stereocenters. The van der Waals surface area contributed by atoms with Crippen LogP contribution in [0, 0.1) is 23.1 Å². The number of rotatable bonds is 7. The Morgan fingerprint density at radius 1 is 1.46 bits per heavy atom. The maximum absolute atomic E-state index is 13.8. The number of hydrogen-bond donors (Lipinski definition) is 1. The fraction of sp³-hybridized carbons (Fsp3) is 0.412. The first-order valence-electron chi connectivity index (χ1n) is 7.70. The number of hydrogen-bond acceptors (Lipinski definition) is 4. The van der Waals surface area contributed by atoms with Crippen molar-refractivity contribution in [2.75, 3.05) is 5.75 Å². The van der Waals surface area contributed by atoms with Crippen molar-refractivity contribution in [3.8, 4) is 6.07 Å². The smallest absolute Gasteiger partial charge is 0.141 e. The number of aryl methyl sites for hydroxylation is 1. The first-order chi connectivity index (χ1) is 11.4. The molecular weight excluding hydrogens is 327 g/mol. The third kappa shape index (κ3) is 4.81. The molecule has 0 radical (unpaired) electrons. The molecule has 1 N–H and O–H groups in total. The Balaban J connectivity index is 2.21. The van der Waals surface area contributed by atoms with Crippen molar-refractivity contribution in [3.05, 3.63) is 53.4 Å². The van der Waals surface area contributed by atoms with Crippen LogP contribution in [0.3, 0.4) is 0 Å². The van der Waals surface area contributed by atoms with Crippen molar-refractivity contribution in [2.24, 2.45) is 13.0 Å². The van der Waals surface area contributed by atoms with Crippen LogP contribution in [0.25, 0.3) is 0 Å². The summed E-state index contributed by atoms with van der Waals surface area (Å²) in [7, 11) is 1.86. The van der Waals surface area contributed by atoms with E-state index < -0.39 is 17.2 Å². The standard InChI is InChI=1S/C17H21FN4OS/c1-12(2)10-24(23)21-16(17-9-20-11-22(17)3)7-13-4-5-14(8-19)15(18)6-13/h4-6,9,11-12,16,21H,7,10H2,1-3H3. The van der Waals surface area contributed by atoms with E-state index >= 15 is 0 Å². The lowest BCUT2D eigenvalue weighted by molar-refractivity contribution is 0.531.